The van der Waals surface area contributed by atoms with Crippen LogP contribution >= 0.6 is 11.3 Å². The maximum absolute atomic E-state index is 11.3. The minimum absolute atomic E-state index is 0.117. The van der Waals surface area contributed by atoms with Gasteiger partial charge < -0.3 is 4.74 Å². The molecule has 0 N–H and O–H groups in total. The summed E-state index contributed by atoms with van der Waals surface area (Å²) in [5.41, 5.74) is 2.45. The first-order chi connectivity index (χ1) is 13.2. The predicted octanol–water partition coefficient (Wildman–Crippen LogP) is 2.75. The molecule has 154 valence electrons. The minimum Gasteiger partial charge on any atom is -0.370 e. The van der Waals surface area contributed by atoms with Gasteiger partial charge in [0, 0.05) is 53.3 Å². The van der Waals surface area contributed by atoms with Gasteiger partial charge in [-0.05, 0) is 38.3 Å². The third kappa shape index (κ3) is 4.20. The van der Waals surface area contributed by atoms with Crippen molar-refractivity contribution in [2.24, 2.45) is 0 Å². The number of hydrogen-bond acceptors (Lipinski definition) is 6. The number of hydrogen-bond donors (Lipinski definition) is 0. The number of sulfone groups is 1. The topological polar surface area (TPSA) is 64.4 Å². The van der Waals surface area contributed by atoms with E-state index in [9.17, 15) is 8.42 Å². The molecule has 4 rings (SSSR count). The molecule has 2 aromatic heterocycles. The summed E-state index contributed by atoms with van der Waals surface area (Å²) in [6.45, 7) is 7.54. The van der Waals surface area contributed by atoms with Crippen molar-refractivity contribution in [3.63, 3.8) is 0 Å². The second kappa shape index (κ2) is 7.55. The molecule has 0 aliphatic carbocycles. The number of ether oxygens (including phenoxy) is 1. The molecule has 0 unspecified atom stereocenters. The zero-order valence-corrected chi connectivity index (χ0v) is 18.5. The van der Waals surface area contributed by atoms with Gasteiger partial charge in [-0.3, -0.25) is 9.58 Å². The Bertz CT molecular complexity index is 950. The number of thiophene rings is 1. The second-order valence-corrected chi connectivity index (χ2v) is 11.9. The summed E-state index contributed by atoms with van der Waals surface area (Å²) in [7, 11) is -2.97. The number of nitrogens with zero attached hydrogens (tertiary/aromatic N) is 3. The standard InChI is InChI=1S/C20H29N3O3S2/c1-15-11-20(18-10-16(2)27-19(18)4-8-26-20)5-6-22(15)13-17-12-21-23(14-17)7-9-28(3,24)25/h10,12,14-15H,4-9,11,13H2,1-3H3/t15-,20-/m1/s1. The van der Waals surface area contributed by atoms with E-state index in [1.54, 1.807) is 4.68 Å². The molecule has 2 atom stereocenters. The average molecular weight is 424 g/mol. The Kier molecular flexibility index (Phi) is 5.41. The van der Waals surface area contributed by atoms with Crippen molar-refractivity contribution in [3.05, 3.63) is 39.3 Å². The van der Waals surface area contributed by atoms with E-state index in [4.69, 9.17) is 4.74 Å². The molecule has 0 bridgehead atoms. The Morgan fingerprint density at radius 2 is 2.25 bits per heavy atom. The molecule has 2 aliphatic heterocycles. The van der Waals surface area contributed by atoms with E-state index in [2.05, 4.69) is 29.9 Å². The van der Waals surface area contributed by atoms with Gasteiger partial charge in [0.05, 0.1) is 30.7 Å². The Morgan fingerprint density at radius 1 is 1.43 bits per heavy atom. The van der Waals surface area contributed by atoms with Crippen molar-refractivity contribution in [2.45, 2.75) is 57.8 Å². The van der Waals surface area contributed by atoms with E-state index in [0.717, 1.165) is 44.5 Å². The lowest BCUT2D eigenvalue weighted by atomic mass is 9.79. The van der Waals surface area contributed by atoms with Gasteiger partial charge in [0.15, 0.2) is 0 Å². The molecule has 0 radical (unpaired) electrons. The van der Waals surface area contributed by atoms with Crippen LogP contribution in [-0.2, 0) is 39.7 Å². The molecule has 0 amide bonds. The van der Waals surface area contributed by atoms with Crippen LogP contribution in [0.25, 0.3) is 0 Å². The van der Waals surface area contributed by atoms with Gasteiger partial charge in [-0.1, -0.05) is 0 Å². The first-order valence-electron chi connectivity index (χ1n) is 9.91. The average Bonchev–Trinajstić information content (AvgIpc) is 3.22. The molecule has 1 saturated heterocycles. The van der Waals surface area contributed by atoms with Crippen molar-refractivity contribution in [1.82, 2.24) is 14.7 Å². The third-order valence-electron chi connectivity index (χ3n) is 5.95. The fraction of sp³-hybridized carbons (Fsp3) is 0.650. The molecule has 2 aliphatic rings. The Labute approximate surface area is 171 Å². The van der Waals surface area contributed by atoms with Crippen LogP contribution in [0.5, 0.6) is 0 Å². The fourth-order valence-electron chi connectivity index (χ4n) is 4.52. The highest BCUT2D eigenvalue weighted by Crippen LogP contribution is 2.46. The van der Waals surface area contributed by atoms with Crippen molar-refractivity contribution in [2.75, 3.05) is 25.2 Å². The number of aromatic nitrogens is 2. The Hall–Kier alpha value is -1.22. The van der Waals surface area contributed by atoms with Crippen LogP contribution in [0.4, 0.5) is 0 Å². The molecule has 4 heterocycles. The molecule has 0 aromatic carbocycles. The minimum atomic E-state index is -2.97. The van der Waals surface area contributed by atoms with Gasteiger partial charge in [0.25, 0.3) is 0 Å². The van der Waals surface area contributed by atoms with Gasteiger partial charge in [0.1, 0.15) is 9.84 Å². The first-order valence-corrected chi connectivity index (χ1v) is 12.8. The molecular formula is C20H29N3O3S2. The van der Waals surface area contributed by atoms with Crippen molar-refractivity contribution in [1.29, 1.82) is 0 Å². The molecule has 1 spiro atoms. The van der Waals surface area contributed by atoms with Gasteiger partial charge in [-0.15, -0.1) is 11.3 Å². The first kappa shape index (κ1) is 20.1. The summed E-state index contributed by atoms with van der Waals surface area (Å²) >= 11 is 1.92. The Morgan fingerprint density at radius 3 is 3.00 bits per heavy atom. The zero-order chi connectivity index (χ0) is 19.9. The lowest BCUT2D eigenvalue weighted by Crippen LogP contribution is -2.50. The fourth-order valence-corrected chi connectivity index (χ4v) is 6.14. The van der Waals surface area contributed by atoms with Crippen LogP contribution in [0.15, 0.2) is 18.5 Å². The number of likely N-dealkylation sites (tertiary alicyclic amines) is 1. The monoisotopic (exact) mass is 423 g/mol. The van der Waals surface area contributed by atoms with Crippen LogP contribution in [0, 0.1) is 6.92 Å². The van der Waals surface area contributed by atoms with Crippen molar-refractivity contribution in [3.8, 4) is 0 Å². The zero-order valence-electron chi connectivity index (χ0n) is 16.8. The molecule has 2 aromatic rings. The number of piperidine rings is 1. The maximum Gasteiger partial charge on any atom is 0.149 e. The summed E-state index contributed by atoms with van der Waals surface area (Å²) in [5, 5.41) is 4.33. The lowest BCUT2D eigenvalue weighted by Gasteiger charge is -2.47. The van der Waals surface area contributed by atoms with Crippen LogP contribution in [-0.4, -0.2) is 54.3 Å². The number of aryl methyl sites for hydroxylation is 2. The summed E-state index contributed by atoms with van der Waals surface area (Å²) in [4.78, 5) is 5.38. The predicted molar refractivity (Wildman–Crippen MR) is 111 cm³/mol. The number of rotatable bonds is 5. The highest BCUT2D eigenvalue weighted by molar-refractivity contribution is 7.90. The quantitative estimate of drug-likeness (QED) is 0.740. The summed E-state index contributed by atoms with van der Waals surface area (Å²) in [6, 6.07) is 2.76. The highest BCUT2D eigenvalue weighted by Gasteiger charge is 2.44. The van der Waals surface area contributed by atoms with Crippen LogP contribution in [0.2, 0.25) is 0 Å². The van der Waals surface area contributed by atoms with Gasteiger partial charge in [-0.25, -0.2) is 8.42 Å². The van der Waals surface area contributed by atoms with Crippen molar-refractivity contribution >= 4 is 21.2 Å². The van der Waals surface area contributed by atoms with E-state index in [1.807, 2.05) is 23.7 Å². The third-order valence-corrected chi connectivity index (χ3v) is 7.98. The molecule has 1 fully saturated rings. The molecule has 28 heavy (non-hydrogen) atoms. The van der Waals surface area contributed by atoms with Gasteiger partial charge >= 0.3 is 0 Å². The maximum atomic E-state index is 11.3. The van der Waals surface area contributed by atoms with E-state index in [0.29, 0.717) is 12.6 Å². The van der Waals surface area contributed by atoms with Gasteiger partial charge in [0.2, 0.25) is 0 Å². The van der Waals surface area contributed by atoms with Gasteiger partial charge in [-0.2, -0.15) is 5.10 Å². The summed E-state index contributed by atoms with van der Waals surface area (Å²) in [5.74, 6) is 0.122. The SMILES string of the molecule is Cc1cc2c(s1)CCO[C@@]21CCN(Cc2cnn(CCS(C)(=O)=O)c2)[C@H](C)C1. The largest absolute Gasteiger partial charge is 0.370 e. The van der Waals surface area contributed by atoms with E-state index >= 15 is 0 Å². The lowest BCUT2D eigenvalue weighted by molar-refractivity contribution is -0.112. The summed E-state index contributed by atoms with van der Waals surface area (Å²) < 4.78 is 30.8. The molecule has 8 heteroatoms. The van der Waals surface area contributed by atoms with E-state index in [1.165, 1.54) is 21.6 Å². The van der Waals surface area contributed by atoms with Crippen LogP contribution < -0.4 is 0 Å². The Balaban J connectivity index is 1.41. The molecular weight excluding hydrogens is 394 g/mol. The van der Waals surface area contributed by atoms with Crippen LogP contribution in [0.1, 0.15) is 40.6 Å². The number of fused-ring (bicyclic) bond motifs is 2. The molecule has 0 saturated carbocycles. The smallest absolute Gasteiger partial charge is 0.149 e. The summed E-state index contributed by atoms with van der Waals surface area (Å²) in [6.07, 6.45) is 8.16. The highest BCUT2D eigenvalue weighted by atomic mass is 32.2. The van der Waals surface area contributed by atoms with Crippen LogP contribution in [0.3, 0.4) is 0 Å². The normalized spacial score (nSPS) is 25.9. The van der Waals surface area contributed by atoms with Crippen molar-refractivity contribution < 1.29 is 13.2 Å². The van der Waals surface area contributed by atoms with E-state index < -0.39 is 9.84 Å². The van der Waals surface area contributed by atoms with E-state index in [-0.39, 0.29) is 11.4 Å². The second-order valence-electron chi connectivity index (χ2n) is 8.30. The molecule has 6 nitrogen and oxygen atoms in total.